The fourth-order valence-electron chi connectivity index (χ4n) is 2.73. The van der Waals surface area contributed by atoms with E-state index in [9.17, 15) is 4.79 Å². The van der Waals surface area contributed by atoms with Crippen LogP contribution in [-0.4, -0.2) is 16.7 Å². The van der Waals surface area contributed by atoms with Crippen molar-refractivity contribution in [2.24, 2.45) is 5.10 Å². The van der Waals surface area contributed by atoms with E-state index in [0.717, 1.165) is 22.6 Å². The number of carbonyl (C=O) groups is 1. The van der Waals surface area contributed by atoms with E-state index in [-0.39, 0.29) is 5.91 Å². The van der Waals surface area contributed by atoms with Gasteiger partial charge in [0.1, 0.15) is 0 Å². The Morgan fingerprint density at radius 1 is 1.00 bits per heavy atom. The van der Waals surface area contributed by atoms with E-state index in [0.29, 0.717) is 5.56 Å². The number of aryl methyl sites for hydroxylation is 1. The number of amides is 1. The lowest BCUT2D eigenvalue weighted by Crippen LogP contribution is -2.18. The first-order chi connectivity index (χ1) is 11.7. The molecule has 120 valence electrons. The standard InChI is InChI=1S/C20H19N3O/c1-15-13-19(16(2)23(15)18-11-7-4-8-12-18)20(24)22-21-14-17-9-5-3-6-10-17/h3-14H,1-2H3,(H,22,24)/b21-14+. The minimum absolute atomic E-state index is 0.211. The van der Waals surface area contributed by atoms with Gasteiger partial charge in [-0.2, -0.15) is 5.10 Å². The second kappa shape index (κ2) is 6.96. The summed E-state index contributed by atoms with van der Waals surface area (Å²) < 4.78 is 2.07. The summed E-state index contributed by atoms with van der Waals surface area (Å²) >= 11 is 0. The molecular weight excluding hydrogens is 298 g/mol. The molecule has 1 amide bonds. The molecule has 1 heterocycles. The van der Waals surface area contributed by atoms with Crippen molar-refractivity contribution in [2.75, 3.05) is 0 Å². The largest absolute Gasteiger partial charge is 0.318 e. The summed E-state index contributed by atoms with van der Waals surface area (Å²) in [5, 5.41) is 4.04. The zero-order chi connectivity index (χ0) is 16.9. The number of nitrogens with zero attached hydrogens (tertiary/aromatic N) is 2. The quantitative estimate of drug-likeness (QED) is 0.576. The molecule has 24 heavy (non-hydrogen) atoms. The smallest absolute Gasteiger partial charge is 0.273 e. The Kier molecular flexibility index (Phi) is 4.57. The maximum Gasteiger partial charge on any atom is 0.273 e. The van der Waals surface area contributed by atoms with Crippen LogP contribution in [0.5, 0.6) is 0 Å². The van der Waals surface area contributed by atoms with Gasteiger partial charge < -0.3 is 4.57 Å². The first-order valence-corrected chi connectivity index (χ1v) is 7.79. The summed E-state index contributed by atoms with van der Waals surface area (Å²) in [5.74, 6) is -0.211. The van der Waals surface area contributed by atoms with Crippen molar-refractivity contribution in [2.45, 2.75) is 13.8 Å². The van der Waals surface area contributed by atoms with E-state index in [2.05, 4.69) is 15.1 Å². The van der Waals surface area contributed by atoms with E-state index in [4.69, 9.17) is 0 Å². The monoisotopic (exact) mass is 317 g/mol. The lowest BCUT2D eigenvalue weighted by molar-refractivity contribution is 0.0954. The second-order valence-corrected chi connectivity index (χ2v) is 5.57. The summed E-state index contributed by atoms with van der Waals surface area (Å²) in [7, 11) is 0. The van der Waals surface area contributed by atoms with Gasteiger partial charge in [0, 0.05) is 17.1 Å². The summed E-state index contributed by atoms with van der Waals surface area (Å²) in [5.41, 5.74) is 7.11. The van der Waals surface area contributed by atoms with Gasteiger partial charge in [-0.25, -0.2) is 5.43 Å². The Bertz CT molecular complexity index is 865. The molecule has 0 unspecified atom stereocenters. The van der Waals surface area contributed by atoms with Crippen LogP contribution in [0, 0.1) is 13.8 Å². The highest BCUT2D eigenvalue weighted by molar-refractivity contribution is 5.96. The Hall–Kier alpha value is -3.14. The number of nitrogens with one attached hydrogen (secondary N) is 1. The molecule has 4 nitrogen and oxygen atoms in total. The maximum atomic E-state index is 12.4. The molecule has 3 rings (SSSR count). The van der Waals surface area contributed by atoms with E-state index in [1.165, 1.54) is 0 Å². The molecule has 2 aromatic carbocycles. The third-order valence-corrected chi connectivity index (χ3v) is 3.87. The van der Waals surface area contributed by atoms with Gasteiger partial charge >= 0.3 is 0 Å². The maximum absolute atomic E-state index is 12.4. The predicted octanol–water partition coefficient (Wildman–Crippen LogP) is 3.86. The third kappa shape index (κ3) is 3.27. The number of hydrazone groups is 1. The van der Waals surface area contributed by atoms with Crippen LogP contribution in [0.15, 0.2) is 71.8 Å². The van der Waals surface area contributed by atoms with Crippen molar-refractivity contribution in [1.82, 2.24) is 9.99 Å². The third-order valence-electron chi connectivity index (χ3n) is 3.87. The molecule has 0 saturated carbocycles. The topological polar surface area (TPSA) is 46.4 Å². The van der Waals surface area contributed by atoms with Crippen LogP contribution in [0.3, 0.4) is 0 Å². The highest BCUT2D eigenvalue weighted by atomic mass is 16.2. The average Bonchev–Trinajstić information content (AvgIpc) is 2.91. The number of aromatic nitrogens is 1. The fourth-order valence-corrected chi connectivity index (χ4v) is 2.73. The van der Waals surface area contributed by atoms with Gasteiger partial charge in [0.05, 0.1) is 11.8 Å². The van der Waals surface area contributed by atoms with E-state index >= 15 is 0 Å². The van der Waals surface area contributed by atoms with Crippen molar-refractivity contribution in [1.29, 1.82) is 0 Å². The molecular formula is C20H19N3O. The Labute approximate surface area is 141 Å². The molecule has 0 aliphatic rings. The molecule has 1 N–H and O–H groups in total. The molecule has 0 atom stereocenters. The molecule has 0 spiro atoms. The average molecular weight is 317 g/mol. The summed E-state index contributed by atoms with van der Waals surface area (Å²) in [4.78, 5) is 12.4. The number of rotatable bonds is 4. The fraction of sp³-hybridized carbons (Fsp3) is 0.100. The zero-order valence-corrected chi connectivity index (χ0v) is 13.7. The normalized spacial score (nSPS) is 10.9. The van der Waals surface area contributed by atoms with Crippen LogP contribution in [0.1, 0.15) is 27.3 Å². The molecule has 0 bridgehead atoms. The van der Waals surface area contributed by atoms with Gasteiger partial charge in [0.2, 0.25) is 0 Å². The number of hydrogen-bond donors (Lipinski definition) is 1. The first kappa shape index (κ1) is 15.7. The molecule has 0 fully saturated rings. The molecule has 0 aliphatic carbocycles. The van der Waals surface area contributed by atoms with Crippen molar-refractivity contribution >= 4 is 12.1 Å². The van der Waals surface area contributed by atoms with Crippen LogP contribution in [0.25, 0.3) is 5.69 Å². The lowest BCUT2D eigenvalue weighted by Gasteiger charge is -2.09. The van der Waals surface area contributed by atoms with Crippen molar-refractivity contribution in [3.63, 3.8) is 0 Å². The molecule has 1 aromatic heterocycles. The van der Waals surface area contributed by atoms with Crippen LogP contribution >= 0.6 is 0 Å². The predicted molar refractivity (Wildman–Crippen MR) is 96.7 cm³/mol. The summed E-state index contributed by atoms with van der Waals surface area (Å²) in [6.07, 6.45) is 1.63. The Balaban J connectivity index is 1.80. The number of hydrogen-bond acceptors (Lipinski definition) is 2. The van der Waals surface area contributed by atoms with Crippen molar-refractivity contribution in [3.8, 4) is 5.69 Å². The highest BCUT2D eigenvalue weighted by Gasteiger charge is 2.16. The van der Waals surface area contributed by atoms with Gasteiger partial charge in [-0.05, 0) is 37.6 Å². The van der Waals surface area contributed by atoms with Crippen LogP contribution < -0.4 is 5.43 Å². The molecule has 3 aromatic rings. The van der Waals surface area contributed by atoms with Crippen molar-refractivity contribution < 1.29 is 4.79 Å². The van der Waals surface area contributed by atoms with E-state index in [1.807, 2.05) is 80.6 Å². The lowest BCUT2D eigenvalue weighted by atomic mass is 10.2. The van der Waals surface area contributed by atoms with Crippen molar-refractivity contribution in [3.05, 3.63) is 89.2 Å². The van der Waals surface area contributed by atoms with Crippen LogP contribution in [-0.2, 0) is 0 Å². The number of benzene rings is 2. The summed E-state index contributed by atoms with van der Waals surface area (Å²) in [6, 6.07) is 21.5. The first-order valence-electron chi connectivity index (χ1n) is 7.79. The van der Waals surface area contributed by atoms with Crippen LogP contribution in [0.2, 0.25) is 0 Å². The number of para-hydroxylation sites is 1. The van der Waals surface area contributed by atoms with Crippen LogP contribution in [0.4, 0.5) is 0 Å². The SMILES string of the molecule is Cc1cc(C(=O)N/N=C/c2ccccc2)c(C)n1-c1ccccc1. The minimum atomic E-state index is -0.211. The van der Waals surface area contributed by atoms with Gasteiger partial charge in [-0.15, -0.1) is 0 Å². The van der Waals surface area contributed by atoms with Gasteiger partial charge in [0.25, 0.3) is 5.91 Å². The number of carbonyl (C=O) groups excluding carboxylic acids is 1. The Morgan fingerprint density at radius 3 is 2.29 bits per heavy atom. The van der Waals surface area contributed by atoms with E-state index < -0.39 is 0 Å². The minimum Gasteiger partial charge on any atom is -0.318 e. The Morgan fingerprint density at radius 2 is 1.62 bits per heavy atom. The molecule has 0 saturated heterocycles. The highest BCUT2D eigenvalue weighted by Crippen LogP contribution is 2.20. The summed E-state index contributed by atoms with van der Waals surface area (Å²) in [6.45, 7) is 3.93. The molecule has 4 heteroatoms. The van der Waals surface area contributed by atoms with Gasteiger partial charge in [0.15, 0.2) is 0 Å². The van der Waals surface area contributed by atoms with Gasteiger partial charge in [-0.1, -0.05) is 48.5 Å². The second-order valence-electron chi connectivity index (χ2n) is 5.57. The molecule has 0 radical (unpaired) electrons. The molecule has 0 aliphatic heterocycles. The zero-order valence-electron chi connectivity index (χ0n) is 13.7. The van der Waals surface area contributed by atoms with E-state index in [1.54, 1.807) is 6.21 Å². The van der Waals surface area contributed by atoms with Gasteiger partial charge in [-0.3, -0.25) is 4.79 Å².